The van der Waals surface area contributed by atoms with Gasteiger partial charge in [0, 0.05) is 40.9 Å². The van der Waals surface area contributed by atoms with E-state index in [1.165, 1.54) is 22.2 Å². The van der Waals surface area contributed by atoms with Gasteiger partial charge in [-0.25, -0.2) is 0 Å². The Balaban J connectivity index is 1.65. The molecule has 3 aliphatic rings. The molecule has 4 nitrogen and oxygen atoms in total. The van der Waals surface area contributed by atoms with Crippen molar-refractivity contribution in [2.75, 3.05) is 13.6 Å². The van der Waals surface area contributed by atoms with Crippen molar-refractivity contribution in [3.05, 3.63) is 64.8 Å². The van der Waals surface area contributed by atoms with E-state index in [-0.39, 0.29) is 11.5 Å². The highest BCUT2D eigenvalue weighted by atomic mass is 16.3. The molecule has 1 aliphatic heterocycles. The molecular weight excluding hydrogens is 336 g/mol. The number of hydrogen-bond donors (Lipinski definition) is 3. The number of nitrogens with one attached hydrogen (secondary N) is 1. The molecule has 4 heteroatoms. The quantitative estimate of drug-likeness (QED) is 0.578. The third kappa shape index (κ3) is 1.80. The Kier molecular flexibility index (Phi) is 2.88. The average molecular weight is 360 g/mol. The molecule has 2 heterocycles. The minimum Gasteiger partial charge on any atom is -0.508 e. The number of aliphatic hydroxyl groups is 1. The van der Waals surface area contributed by atoms with Crippen LogP contribution in [-0.2, 0) is 24.7 Å². The van der Waals surface area contributed by atoms with Crippen molar-refractivity contribution < 1.29 is 10.2 Å². The summed E-state index contributed by atoms with van der Waals surface area (Å²) < 4.78 is 0. The Morgan fingerprint density at radius 2 is 2.00 bits per heavy atom. The fourth-order valence-corrected chi connectivity index (χ4v) is 6.32. The van der Waals surface area contributed by atoms with E-state index in [1.54, 1.807) is 6.07 Å². The number of hydrogen-bond acceptors (Lipinski definition) is 3. The van der Waals surface area contributed by atoms with Gasteiger partial charge in [0.05, 0.1) is 5.60 Å². The van der Waals surface area contributed by atoms with Crippen LogP contribution in [0.3, 0.4) is 0 Å². The summed E-state index contributed by atoms with van der Waals surface area (Å²) in [6.45, 7) is 0.970. The number of aromatic hydroxyl groups is 1. The molecule has 138 valence electrons. The van der Waals surface area contributed by atoms with Gasteiger partial charge in [-0.2, -0.15) is 0 Å². The van der Waals surface area contributed by atoms with Gasteiger partial charge in [0.1, 0.15) is 5.75 Å². The second-order valence-corrected chi connectivity index (χ2v) is 8.78. The summed E-state index contributed by atoms with van der Waals surface area (Å²) in [5.41, 5.74) is 4.93. The SMILES string of the molecule is CN1CC[C@@]23Cc4[nH]c5ccccc5c4C[C@@]2(O)[C@@H]1Cc1ccc(O)cc13. The Morgan fingerprint density at radius 3 is 2.89 bits per heavy atom. The minimum atomic E-state index is -0.821. The summed E-state index contributed by atoms with van der Waals surface area (Å²) in [5, 5.41) is 23.7. The lowest BCUT2D eigenvalue weighted by molar-refractivity contribution is -0.144. The maximum absolute atomic E-state index is 12.3. The zero-order chi connectivity index (χ0) is 18.4. The minimum absolute atomic E-state index is 0.102. The number of nitrogens with zero attached hydrogens (tertiary/aromatic N) is 1. The molecule has 0 saturated carbocycles. The van der Waals surface area contributed by atoms with Crippen molar-refractivity contribution in [3.8, 4) is 5.75 Å². The molecule has 2 aromatic carbocycles. The number of rotatable bonds is 0. The first-order chi connectivity index (χ1) is 13.0. The zero-order valence-corrected chi connectivity index (χ0v) is 15.5. The first kappa shape index (κ1) is 15.7. The van der Waals surface area contributed by atoms with Crippen molar-refractivity contribution in [3.63, 3.8) is 0 Å². The number of aromatic nitrogens is 1. The molecule has 1 fully saturated rings. The highest BCUT2D eigenvalue weighted by Crippen LogP contribution is 2.57. The smallest absolute Gasteiger partial charge is 0.115 e. The number of piperidine rings is 1. The summed E-state index contributed by atoms with van der Waals surface area (Å²) in [6, 6.07) is 14.3. The van der Waals surface area contributed by atoms with Gasteiger partial charge < -0.3 is 20.1 Å². The number of likely N-dealkylation sites (tertiary alicyclic amines) is 1. The lowest BCUT2D eigenvalue weighted by Crippen LogP contribution is -2.73. The topological polar surface area (TPSA) is 59.5 Å². The first-order valence-electron chi connectivity index (χ1n) is 9.85. The predicted molar refractivity (Wildman–Crippen MR) is 105 cm³/mol. The van der Waals surface area contributed by atoms with E-state index < -0.39 is 5.60 Å². The third-order valence-corrected chi connectivity index (χ3v) is 7.65. The van der Waals surface area contributed by atoms with Crippen LogP contribution in [-0.4, -0.2) is 45.3 Å². The molecule has 3 aromatic rings. The number of fused-ring (bicyclic) bond motifs is 4. The van der Waals surface area contributed by atoms with E-state index in [0.29, 0.717) is 12.2 Å². The van der Waals surface area contributed by atoms with Gasteiger partial charge in [0.2, 0.25) is 0 Å². The lowest BCUT2D eigenvalue weighted by atomic mass is 9.49. The van der Waals surface area contributed by atoms with Crippen LogP contribution in [0.5, 0.6) is 5.75 Å². The molecule has 0 spiro atoms. The van der Waals surface area contributed by atoms with Crippen LogP contribution in [0.25, 0.3) is 10.9 Å². The summed E-state index contributed by atoms with van der Waals surface area (Å²) in [5.74, 6) is 0.297. The molecule has 3 N–H and O–H groups in total. The number of aromatic amines is 1. The van der Waals surface area contributed by atoms with Crippen LogP contribution in [0.1, 0.15) is 28.8 Å². The molecule has 0 amide bonds. The van der Waals surface area contributed by atoms with Crippen molar-refractivity contribution in [1.82, 2.24) is 9.88 Å². The number of phenols is 1. The normalized spacial score (nSPS) is 32.0. The third-order valence-electron chi connectivity index (χ3n) is 7.65. The molecule has 0 radical (unpaired) electrons. The molecular formula is C23H24N2O2. The monoisotopic (exact) mass is 360 g/mol. The van der Waals surface area contributed by atoms with E-state index in [0.717, 1.165) is 36.9 Å². The molecule has 6 rings (SSSR count). The van der Waals surface area contributed by atoms with Crippen molar-refractivity contribution in [1.29, 1.82) is 0 Å². The fourth-order valence-electron chi connectivity index (χ4n) is 6.32. The molecule has 0 unspecified atom stereocenters. The van der Waals surface area contributed by atoms with Gasteiger partial charge in [-0.05, 0) is 61.3 Å². The Labute approximate surface area is 158 Å². The molecule has 27 heavy (non-hydrogen) atoms. The Morgan fingerprint density at radius 1 is 1.15 bits per heavy atom. The predicted octanol–water partition coefficient (Wildman–Crippen LogP) is 2.90. The highest BCUT2D eigenvalue weighted by molar-refractivity contribution is 5.85. The summed E-state index contributed by atoms with van der Waals surface area (Å²) >= 11 is 0. The average Bonchev–Trinajstić information content (AvgIpc) is 3.00. The maximum atomic E-state index is 12.3. The number of likely N-dealkylation sites (N-methyl/N-ethyl adjacent to an activating group) is 1. The van der Waals surface area contributed by atoms with E-state index >= 15 is 0 Å². The Hall–Kier alpha value is -2.30. The van der Waals surface area contributed by atoms with Crippen molar-refractivity contribution >= 4 is 10.9 Å². The van der Waals surface area contributed by atoms with Crippen LogP contribution in [0.15, 0.2) is 42.5 Å². The molecule has 1 aromatic heterocycles. The standard InChI is InChI=1S/C23H24N2O2/c1-25-9-8-22-13-20-17(16-4-2-3-5-19(16)24-20)12-23(22,27)21(25)10-14-6-7-15(26)11-18(14)22/h2-7,11,21,24,26-27H,8-10,12-13H2,1H3/t21-,22-,23+/m0/s1. The van der Waals surface area contributed by atoms with Gasteiger partial charge in [-0.15, -0.1) is 0 Å². The first-order valence-corrected chi connectivity index (χ1v) is 9.85. The maximum Gasteiger partial charge on any atom is 0.115 e. The molecule has 2 bridgehead atoms. The van der Waals surface area contributed by atoms with E-state index in [2.05, 4.69) is 47.3 Å². The number of phenolic OH excluding ortho intramolecular Hbond substituents is 1. The van der Waals surface area contributed by atoms with Crippen LogP contribution in [0.2, 0.25) is 0 Å². The molecule has 3 atom stereocenters. The lowest BCUT2D eigenvalue weighted by Gasteiger charge is -2.63. The summed E-state index contributed by atoms with van der Waals surface area (Å²) in [7, 11) is 2.14. The second-order valence-electron chi connectivity index (χ2n) is 8.78. The van der Waals surface area contributed by atoms with Crippen LogP contribution in [0.4, 0.5) is 0 Å². The fraction of sp³-hybridized carbons (Fsp3) is 0.391. The van der Waals surface area contributed by atoms with E-state index in [1.807, 2.05) is 6.07 Å². The van der Waals surface area contributed by atoms with Crippen molar-refractivity contribution in [2.24, 2.45) is 0 Å². The number of H-pyrrole nitrogens is 1. The second kappa shape index (κ2) is 4.94. The molecule has 2 aliphatic carbocycles. The van der Waals surface area contributed by atoms with Crippen LogP contribution in [0, 0.1) is 0 Å². The Bertz CT molecular complexity index is 1090. The summed E-state index contributed by atoms with van der Waals surface area (Å²) in [6.07, 6.45) is 3.20. The van der Waals surface area contributed by atoms with Gasteiger partial charge in [0.15, 0.2) is 0 Å². The summed E-state index contributed by atoms with van der Waals surface area (Å²) in [4.78, 5) is 5.97. The number of benzene rings is 2. The highest BCUT2D eigenvalue weighted by Gasteiger charge is 2.64. The van der Waals surface area contributed by atoms with Crippen molar-refractivity contribution in [2.45, 2.75) is 42.7 Å². The van der Waals surface area contributed by atoms with Gasteiger partial charge >= 0.3 is 0 Å². The van der Waals surface area contributed by atoms with Crippen LogP contribution >= 0.6 is 0 Å². The largest absolute Gasteiger partial charge is 0.508 e. The van der Waals surface area contributed by atoms with Gasteiger partial charge in [0.25, 0.3) is 0 Å². The number of para-hydroxylation sites is 1. The molecule has 1 saturated heterocycles. The van der Waals surface area contributed by atoms with E-state index in [4.69, 9.17) is 0 Å². The zero-order valence-electron chi connectivity index (χ0n) is 15.5. The van der Waals surface area contributed by atoms with Gasteiger partial charge in [-0.3, -0.25) is 0 Å². The van der Waals surface area contributed by atoms with E-state index in [9.17, 15) is 10.2 Å². The van der Waals surface area contributed by atoms with Crippen LogP contribution < -0.4 is 0 Å². The van der Waals surface area contributed by atoms with Gasteiger partial charge in [-0.1, -0.05) is 24.3 Å².